The highest BCUT2D eigenvalue weighted by Crippen LogP contribution is 2.29. The Hall–Kier alpha value is -2.26. The van der Waals surface area contributed by atoms with Gasteiger partial charge in [-0.15, -0.1) is 0 Å². The van der Waals surface area contributed by atoms with Gasteiger partial charge in [-0.1, -0.05) is 6.08 Å². The van der Waals surface area contributed by atoms with Crippen LogP contribution in [-0.4, -0.2) is 60.3 Å². The van der Waals surface area contributed by atoms with E-state index in [0.29, 0.717) is 0 Å². The lowest BCUT2D eigenvalue weighted by Gasteiger charge is -2.27. The second-order valence-corrected chi connectivity index (χ2v) is 4.25. The predicted molar refractivity (Wildman–Crippen MR) is 64.4 cm³/mol. The van der Waals surface area contributed by atoms with Crippen LogP contribution in [0.3, 0.4) is 0 Å². The van der Waals surface area contributed by atoms with Crippen molar-refractivity contribution in [2.75, 3.05) is 26.2 Å². The Morgan fingerprint density at radius 3 is 2.38 bits per heavy atom. The molecule has 0 aliphatic carbocycles. The third-order valence-electron chi connectivity index (χ3n) is 2.70. The number of carboxylic acid groups (broad SMARTS) is 1. The number of nitrogens with one attached hydrogen (secondary N) is 2. The summed E-state index contributed by atoms with van der Waals surface area (Å²) in [5.74, 6) is -1.93. The molecule has 7 nitrogen and oxygen atoms in total. The summed E-state index contributed by atoms with van der Waals surface area (Å²) in [6, 6.07) is -0.682. The van der Waals surface area contributed by atoms with Crippen LogP contribution in [0.15, 0.2) is 11.6 Å². The number of rotatable bonds is 4. The van der Waals surface area contributed by atoms with E-state index in [1.54, 1.807) is 0 Å². The number of halogens is 3. The van der Waals surface area contributed by atoms with Crippen LogP contribution in [0.1, 0.15) is 6.42 Å². The first-order chi connectivity index (χ1) is 9.70. The van der Waals surface area contributed by atoms with E-state index in [0.717, 1.165) is 11.0 Å². The standard InChI is InChI=1S/C11H14F3N3O4/c12-11(13,14)7-1-3-17(4-2-7)10(21)16-5-8(18)15-6-9(19)20/h1H,2-6H2,(H,15,18)(H,16,21)(H,19,20). The second-order valence-electron chi connectivity index (χ2n) is 4.25. The van der Waals surface area contributed by atoms with Gasteiger partial charge in [-0.3, -0.25) is 9.59 Å². The molecule has 1 heterocycles. The molecule has 0 saturated heterocycles. The molecular formula is C11H14F3N3O4. The summed E-state index contributed by atoms with van der Waals surface area (Å²) in [6.07, 6.45) is -3.77. The van der Waals surface area contributed by atoms with Gasteiger partial charge in [0.05, 0.1) is 6.54 Å². The van der Waals surface area contributed by atoms with Gasteiger partial charge in [-0.2, -0.15) is 13.2 Å². The molecule has 1 aliphatic heterocycles. The van der Waals surface area contributed by atoms with Crippen LogP contribution >= 0.6 is 0 Å². The third kappa shape index (κ3) is 5.71. The van der Waals surface area contributed by atoms with Crippen molar-refractivity contribution in [3.05, 3.63) is 11.6 Å². The summed E-state index contributed by atoms with van der Waals surface area (Å²) in [7, 11) is 0. The number of amides is 3. The van der Waals surface area contributed by atoms with Gasteiger partial charge in [0, 0.05) is 18.7 Å². The van der Waals surface area contributed by atoms with Crippen molar-refractivity contribution >= 4 is 17.9 Å². The van der Waals surface area contributed by atoms with Crippen LogP contribution in [0, 0.1) is 0 Å². The first-order valence-electron chi connectivity index (χ1n) is 5.97. The topological polar surface area (TPSA) is 98.7 Å². The van der Waals surface area contributed by atoms with E-state index >= 15 is 0 Å². The number of nitrogens with zero attached hydrogens (tertiary/aromatic N) is 1. The zero-order valence-corrected chi connectivity index (χ0v) is 10.9. The molecule has 0 aromatic carbocycles. The van der Waals surface area contributed by atoms with Gasteiger partial charge < -0.3 is 20.6 Å². The van der Waals surface area contributed by atoms with Crippen LogP contribution in [0.5, 0.6) is 0 Å². The molecule has 0 aromatic rings. The van der Waals surface area contributed by atoms with E-state index in [1.807, 2.05) is 5.32 Å². The molecule has 21 heavy (non-hydrogen) atoms. The summed E-state index contributed by atoms with van der Waals surface area (Å²) in [4.78, 5) is 34.1. The van der Waals surface area contributed by atoms with Gasteiger partial charge in [0.25, 0.3) is 0 Å². The Bertz CT molecular complexity index is 462. The Morgan fingerprint density at radius 1 is 1.24 bits per heavy atom. The van der Waals surface area contributed by atoms with Crippen LogP contribution in [0.4, 0.5) is 18.0 Å². The van der Waals surface area contributed by atoms with Crippen molar-refractivity contribution in [1.29, 1.82) is 0 Å². The molecule has 0 spiro atoms. The van der Waals surface area contributed by atoms with E-state index in [9.17, 15) is 27.6 Å². The van der Waals surface area contributed by atoms with Crippen LogP contribution < -0.4 is 10.6 Å². The van der Waals surface area contributed by atoms with Gasteiger partial charge in [0.15, 0.2) is 0 Å². The molecule has 0 radical (unpaired) electrons. The molecule has 10 heteroatoms. The molecule has 0 aromatic heterocycles. The van der Waals surface area contributed by atoms with Crippen molar-refractivity contribution in [3.63, 3.8) is 0 Å². The lowest BCUT2D eigenvalue weighted by molar-refractivity contribution is -0.137. The fourth-order valence-corrected chi connectivity index (χ4v) is 1.62. The summed E-state index contributed by atoms with van der Waals surface area (Å²) in [5, 5.41) is 12.6. The predicted octanol–water partition coefficient (Wildman–Crippen LogP) is 0.0912. The Labute approximate surface area is 117 Å². The summed E-state index contributed by atoms with van der Waals surface area (Å²) in [5.41, 5.74) is -0.675. The SMILES string of the molecule is O=C(O)CNC(=O)CNC(=O)N1CC=C(C(F)(F)F)CC1. The molecule has 0 unspecified atom stereocenters. The van der Waals surface area contributed by atoms with Crippen molar-refractivity contribution < 1.29 is 32.7 Å². The zero-order valence-electron chi connectivity index (χ0n) is 10.9. The van der Waals surface area contributed by atoms with E-state index in [2.05, 4.69) is 5.32 Å². The van der Waals surface area contributed by atoms with Gasteiger partial charge in [0.1, 0.15) is 6.54 Å². The molecule has 0 bridgehead atoms. The van der Waals surface area contributed by atoms with Crippen molar-refractivity contribution in [3.8, 4) is 0 Å². The molecule has 118 valence electrons. The minimum Gasteiger partial charge on any atom is -0.480 e. The summed E-state index contributed by atoms with van der Waals surface area (Å²) < 4.78 is 37.2. The number of carboxylic acids is 1. The minimum atomic E-state index is -4.39. The highest BCUT2D eigenvalue weighted by molar-refractivity contribution is 5.86. The third-order valence-corrected chi connectivity index (χ3v) is 2.70. The monoisotopic (exact) mass is 309 g/mol. The lowest BCUT2D eigenvalue weighted by Crippen LogP contribution is -2.46. The molecule has 0 saturated carbocycles. The van der Waals surface area contributed by atoms with Crippen LogP contribution in [0.25, 0.3) is 0 Å². The maximum Gasteiger partial charge on any atom is 0.412 e. The number of aliphatic carboxylic acids is 1. The first kappa shape index (κ1) is 16.8. The quantitative estimate of drug-likeness (QED) is 0.641. The molecular weight excluding hydrogens is 295 g/mol. The molecule has 3 amide bonds. The van der Waals surface area contributed by atoms with Crippen LogP contribution in [0.2, 0.25) is 0 Å². The number of alkyl halides is 3. The second kappa shape index (κ2) is 6.95. The maximum absolute atomic E-state index is 12.4. The van der Waals surface area contributed by atoms with E-state index in [4.69, 9.17) is 5.11 Å². The fraction of sp³-hybridized carbons (Fsp3) is 0.545. The van der Waals surface area contributed by atoms with Gasteiger partial charge >= 0.3 is 18.2 Å². The molecule has 1 rings (SSSR count). The molecule has 0 fully saturated rings. The van der Waals surface area contributed by atoms with Crippen molar-refractivity contribution in [2.24, 2.45) is 0 Å². The highest BCUT2D eigenvalue weighted by atomic mass is 19.4. The van der Waals surface area contributed by atoms with E-state index in [1.165, 1.54) is 0 Å². The Balaban J connectivity index is 2.36. The first-order valence-corrected chi connectivity index (χ1v) is 5.97. The molecule has 1 aliphatic rings. The zero-order chi connectivity index (χ0) is 16.0. The smallest absolute Gasteiger partial charge is 0.412 e. The summed E-state index contributed by atoms with van der Waals surface area (Å²) >= 11 is 0. The van der Waals surface area contributed by atoms with E-state index in [-0.39, 0.29) is 19.5 Å². The number of hydrogen-bond acceptors (Lipinski definition) is 3. The number of carbonyl (C=O) groups is 3. The van der Waals surface area contributed by atoms with Gasteiger partial charge in [0.2, 0.25) is 5.91 Å². The maximum atomic E-state index is 12.4. The largest absolute Gasteiger partial charge is 0.480 e. The van der Waals surface area contributed by atoms with Crippen LogP contribution in [-0.2, 0) is 9.59 Å². The average molecular weight is 309 g/mol. The Kier molecular flexibility index (Phi) is 5.56. The normalized spacial score (nSPS) is 15.2. The number of hydrogen-bond donors (Lipinski definition) is 3. The van der Waals surface area contributed by atoms with E-state index < -0.39 is 42.7 Å². The van der Waals surface area contributed by atoms with Gasteiger partial charge in [-0.05, 0) is 6.42 Å². The number of urea groups is 1. The minimum absolute atomic E-state index is 0.103. The van der Waals surface area contributed by atoms with Crippen molar-refractivity contribution in [2.45, 2.75) is 12.6 Å². The molecule has 0 atom stereocenters. The fourth-order valence-electron chi connectivity index (χ4n) is 1.62. The highest BCUT2D eigenvalue weighted by Gasteiger charge is 2.35. The lowest BCUT2D eigenvalue weighted by atomic mass is 10.1. The Morgan fingerprint density at radius 2 is 1.90 bits per heavy atom. The molecule has 3 N–H and O–H groups in total. The van der Waals surface area contributed by atoms with Gasteiger partial charge in [-0.25, -0.2) is 4.79 Å². The summed E-state index contributed by atoms with van der Waals surface area (Å²) in [6.45, 7) is -1.32. The average Bonchev–Trinajstić information content (AvgIpc) is 2.41. The van der Waals surface area contributed by atoms with Crippen molar-refractivity contribution in [1.82, 2.24) is 15.5 Å². The number of carbonyl (C=O) groups excluding carboxylic acids is 2.